The predicted octanol–water partition coefficient (Wildman–Crippen LogP) is 24.6. The van der Waals surface area contributed by atoms with E-state index in [9.17, 15) is 0 Å². The average molecular weight is 1010 g/mol. The third kappa shape index (κ3) is 26.2. The predicted molar refractivity (Wildman–Crippen MR) is 332 cm³/mol. The molecule has 0 nitrogen and oxygen atoms in total. The van der Waals surface area contributed by atoms with Crippen molar-refractivity contribution in [2.75, 3.05) is 0 Å². The molecule has 0 bridgehead atoms. The molecular weight excluding hydrogens is 889 g/mol. The molecular formula is C74H120. The number of unbranched alkanes of at least 4 members (excludes halogenated alkanes) is 26. The molecule has 0 N–H and O–H groups in total. The molecule has 6 rings (SSSR count). The van der Waals surface area contributed by atoms with Gasteiger partial charge in [-0.2, -0.15) is 0 Å². The molecule has 2 aromatic rings. The molecule has 0 radical (unpaired) electrons. The van der Waals surface area contributed by atoms with Crippen LogP contribution in [0, 0.1) is 35.5 Å². The van der Waals surface area contributed by atoms with Crippen molar-refractivity contribution in [3.8, 4) is 0 Å². The molecule has 4 aliphatic rings. The van der Waals surface area contributed by atoms with Crippen LogP contribution in [0.3, 0.4) is 0 Å². The first-order valence-corrected chi connectivity index (χ1v) is 33.5. The lowest BCUT2D eigenvalue weighted by Gasteiger charge is -2.33. The Labute approximate surface area is 461 Å². The summed E-state index contributed by atoms with van der Waals surface area (Å²) in [5.41, 5.74) is 8.74. The molecule has 0 heterocycles. The van der Waals surface area contributed by atoms with E-state index < -0.39 is 0 Å². The van der Waals surface area contributed by atoms with Crippen molar-refractivity contribution in [2.45, 2.75) is 310 Å². The lowest BCUT2D eigenvalue weighted by Crippen LogP contribution is -2.21. The van der Waals surface area contributed by atoms with Gasteiger partial charge in [-0.1, -0.05) is 331 Å². The van der Waals surface area contributed by atoms with Gasteiger partial charge in [0.1, 0.15) is 0 Å². The number of aryl methyl sites for hydroxylation is 2. The zero-order chi connectivity index (χ0) is 51.9. The Bertz CT molecular complexity index is 1750. The Kier molecular flexibility index (Phi) is 34.1. The van der Waals surface area contributed by atoms with Crippen molar-refractivity contribution in [3.63, 3.8) is 0 Å². The summed E-state index contributed by atoms with van der Waals surface area (Å²) in [4.78, 5) is 0. The van der Waals surface area contributed by atoms with Crippen LogP contribution in [0.4, 0.5) is 0 Å². The molecule has 2 atom stereocenters. The number of hydrogen-bond donors (Lipinski definition) is 0. The Hall–Kier alpha value is -2.60. The second-order valence-electron chi connectivity index (χ2n) is 25.1. The highest BCUT2D eigenvalue weighted by Gasteiger charge is 2.28. The second-order valence-corrected chi connectivity index (χ2v) is 25.1. The standard InChI is InChI=1S/C38H62.C36H58/c1-3-5-7-9-11-13-15-17-19-33-21-25-35(26-22-33)37-29-31-38(32-30-37)36-27-23-34(24-28-36)20-18-16-14-12-10-8-6-4-2;1-3-5-7-9-11-12-14-16-18-32-21-25-34(26-22-32)36-29-27-35(28-30-36)33-23-19-31(20-24-33)17-15-13-10-8-6-4-2/h21-22,25-26,29-31,34,36,38H,3-20,23-24,27-28,32H2,1-2H3;19-20,23-24,27-29,32,34,36H,3-18,21-22,25-26,30H2,1-2H3. The third-order valence-electron chi connectivity index (χ3n) is 18.9. The molecule has 74 heavy (non-hydrogen) atoms. The number of hydrogen-bond acceptors (Lipinski definition) is 0. The van der Waals surface area contributed by atoms with Gasteiger partial charge < -0.3 is 0 Å². The van der Waals surface area contributed by atoms with Crippen LogP contribution in [0.15, 0.2) is 85.0 Å². The van der Waals surface area contributed by atoms with Crippen molar-refractivity contribution in [3.05, 3.63) is 107 Å². The van der Waals surface area contributed by atoms with Gasteiger partial charge in [-0.3, -0.25) is 0 Å². The Morgan fingerprint density at radius 1 is 0.311 bits per heavy atom. The largest absolute Gasteiger partial charge is 0.0802 e. The first kappa shape index (κ1) is 62.2. The van der Waals surface area contributed by atoms with Gasteiger partial charge in [-0.25, -0.2) is 0 Å². The van der Waals surface area contributed by atoms with E-state index in [-0.39, 0.29) is 0 Å². The van der Waals surface area contributed by atoms with E-state index >= 15 is 0 Å². The third-order valence-corrected chi connectivity index (χ3v) is 18.9. The number of benzene rings is 2. The van der Waals surface area contributed by atoms with Gasteiger partial charge in [0, 0.05) is 0 Å². The summed E-state index contributed by atoms with van der Waals surface area (Å²) in [5.74, 6) is 5.46. The van der Waals surface area contributed by atoms with Crippen molar-refractivity contribution in [1.29, 1.82) is 0 Å². The fraction of sp³-hybridized carbons (Fsp3) is 0.730. The normalized spacial score (nSPS) is 21.8. The molecule has 0 aromatic heterocycles. The Morgan fingerprint density at radius 3 is 0.878 bits per heavy atom. The lowest BCUT2D eigenvalue weighted by molar-refractivity contribution is 0.218. The fourth-order valence-corrected chi connectivity index (χ4v) is 13.6. The maximum Gasteiger partial charge on any atom is -0.0167 e. The van der Waals surface area contributed by atoms with E-state index in [1.54, 1.807) is 0 Å². The van der Waals surface area contributed by atoms with Crippen LogP contribution >= 0.6 is 0 Å². The van der Waals surface area contributed by atoms with Crippen LogP contribution in [0.25, 0.3) is 11.1 Å². The molecule has 2 fully saturated rings. The fourth-order valence-electron chi connectivity index (χ4n) is 13.6. The molecule has 0 heteroatoms. The van der Waals surface area contributed by atoms with Gasteiger partial charge in [0.15, 0.2) is 0 Å². The SMILES string of the molecule is CCCCCCCCCCC1CCC(C2C=CC(c3ccc(CCCCCCCC)cc3)=CC2)CC1.CCCCCCCCCCc1ccc(C2=CCC(C3CCC(CCCCCCCCCC)CC3)C=C2)cc1. The Balaban J connectivity index is 0.000000274. The molecule has 0 aliphatic heterocycles. The first-order chi connectivity index (χ1) is 36.6. The summed E-state index contributed by atoms with van der Waals surface area (Å²) >= 11 is 0. The molecule has 0 amide bonds. The maximum absolute atomic E-state index is 2.56. The van der Waals surface area contributed by atoms with Crippen LogP contribution in [-0.2, 0) is 12.8 Å². The van der Waals surface area contributed by atoms with Crippen LogP contribution in [0.1, 0.15) is 320 Å². The van der Waals surface area contributed by atoms with Crippen LogP contribution in [0.5, 0.6) is 0 Å². The highest BCUT2D eigenvalue weighted by molar-refractivity contribution is 5.75. The van der Waals surface area contributed by atoms with E-state index in [1.807, 2.05) is 0 Å². The quantitative estimate of drug-likeness (QED) is 0.0588. The van der Waals surface area contributed by atoms with E-state index in [0.717, 1.165) is 35.5 Å². The summed E-state index contributed by atoms with van der Waals surface area (Å²) in [6.45, 7) is 9.21. The van der Waals surface area contributed by atoms with E-state index in [0.29, 0.717) is 0 Å². The minimum absolute atomic E-state index is 0.782. The van der Waals surface area contributed by atoms with Crippen molar-refractivity contribution in [1.82, 2.24) is 0 Å². The van der Waals surface area contributed by atoms with Gasteiger partial charge in [0.2, 0.25) is 0 Å². The summed E-state index contributed by atoms with van der Waals surface area (Å²) in [7, 11) is 0. The first-order valence-electron chi connectivity index (χ1n) is 33.5. The zero-order valence-electron chi connectivity index (χ0n) is 49.7. The van der Waals surface area contributed by atoms with Crippen LogP contribution in [0.2, 0.25) is 0 Å². The van der Waals surface area contributed by atoms with Crippen LogP contribution in [-0.4, -0.2) is 0 Å². The molecule has 0 spiro atoms. The van der Waals surface area contributed by atoms with Crippen LogP contribution < -0.4 is 0 Å². The molecule has 416 valence electrons. The molecule has 2 aromatic carbocycles. The monoisotopic (exact) mass is 1010 g/mol. The highest BCUT2D eigenvalue weighted by Crippen LogP contribution is 2.41. The van der Waals surface area contributed by atoms with Crippen molar-refractivity contribution in [2.24, 2.45) is 35.5 Å². The summed E-state index contributed by atoms with van der Waals surface area (Å²) in [6.07, 6.45) is 77.6. The van der Waals surface area contributed by atoms with Gasteiger partial charge in [0.25, 0.3) is 0 Å². The zero-order valence-corrected chi connectivity index (χ0v) is 49.7. The topological polar surface area (TPSA) is 0 Å². The Morgan fingerprint density at radius 2 is 0.595 bits per heavy atom. The second kappa shape index (κ2) is 40.6. The average Bonchev–Trinajstić information content (AvgIpc) is 3.45. The molecule has 2 saturated carbocycles. The molecule has 4 aliphatic carbocycles. The summed E-state index contributed by atoms with van der Waals surface area (Å²) in [6, 6.07) is 19.0. The van der Waals surface area contributed by atoms with Gasteiger partial charge in [0.05, 0.1) is 0 Å². The van der Waals surface area contributed by atoms with Crippen molar-refractivity contribution < 1.29 is 0 Å². The lowest BCUT2D eigenvalue weighted by atomic mass is 9.72. The van der Waals surface area contributed by atoms with Gasteiger partial charge >= 0.3 is 0 Å². The number of allylic oxidation sites excluding steroid dienone is 8. The van der Waals surface area contributed by atoms with E-state index in [2.05, 4.69) is 113 Å². The molecule has 2 unspecified atom stereocenters. The number of rotatable bonds is 38. The van der Waals surface area contributed by atoms with E-state index in [4.69, 9.17) is 0 Å². The van der Waals surface area contributed by atoms with E-state index in [1.165, 1.54) is 316 Å². The minimum atomic E-state index is 0.782. The van der Waals surface area contributed by atoms with Gasteiger partial charge in [-0.15, -0.1) is 0 Å². The summed E-state index contributed by atoms with van der Waals surface area (Å²) in [5, 5.41) is 0. The highest BCUT2D eigenvalue weighted by atomic mass is 14.3. The molecule has 0 saturated heterocycles. The maximum atomic E-state index is 2.56. The minimum Gasteiger partial charge on any atom is -0.0802 e. The smallest absolute Gasteiger partial charge is 0.0167 e. The summed E-state index contributed by atoms with van der Waals surface area (Å²) < 4.78 is 0. The van der Waals surface area contributed by atoms with Gasteiger partial charge in [-0.05, 0) is 133 Å². The van der Waals surface area contributed by atoms with Crippen molar-refractivity contribution >= 4 is 11.1 Å².